The minimum atomic E-state index is -0.366. The lowest BCUT2D eigenvalue weighted by molar-refractivity contribution is 0.0597. The van der Waals surface area contributed by atoms with Gasteiger partial charge in [-0.05, 0) is 68.3 Å². The molecule has 6 heteroatoms. The van der Waals surface area contributed by atoms with Crippen LogP contribution >= 0.6 is 0 Å². The number of nitrogens with zero attached hydrogens (tertiary/aromatic N) is 2. The van der Waals surface area contributed by atoms with Crippen molar-refractivity contribution in [2.75, 3.05) is 6.54 Å². The second-order valence-corrected chi connectivity index (χ2v) is 7.17. The minimum Gasteiger partial charge on any atom is -0.448 e. The molecule has 4 rings (SSSR count). The van der Waals surface area contributed by atoms with Crippen molar-refractivity contribution in [1.82, 2.24) is 9.88 Å². The Balaban J connectivity index is 1.52. The molecule has 0 radical (unpaired) electrons. The lowest BCUT2D eigenvalue weighted by Gasteiger charge is -2.37. The maximum atomic E-state index is 13.2. The Morgan fingerprint density at radius 3 is 2.36 bits per heavy atom. The first-order valence-corrected chi connectivity index (χ1v) is 9.29. The van der Waals surface area contributed by atoms with E-state index in [-0.39, 0.29) is 29.5 Å². The highest BCUT2D eigenvalue weighted by molar-refractivity contribution is 5.94. The number of hydrogen-bond donors (Lipinski definition) is 0. The maximum absolute atomic E-state index is 13.2. The number of carbonyl (C=O) groups excluding carboxylic acids is 1. The van der Waals surface area contributed by atoms with Gasteiger partial charge in [0.25, 0.3) is 5.91 Å². The average molecular weight is 382 g/mol. The second-order valence-electron chi connectivity index (χ2n) is 7.17. The Morgan fingerprint density at radius 1 is 1.04 bits per heavy atom. The summed E-state index contributed by atoms with van der Waals surface area (Å²) >= 11 is 0. The van der Waals surface area contributed by atoms with E-state index in [1.165, 1.54) is 36.4 Å². The summed E-state index contributed by atoms with van der Waals surface area (Å²) in [5.41, 5.74) is 1.89. The normalized spacial score (nSPS) is 19.6. The van der Waals surface area contributed by atoms with Gasteiger partial charge in [-0.3, -0.25) is 4.79 Å². The molecule has 2 aromatic carbocycles. The van der Waals surface area contributed by atoms with E-state index in [9.17, 15) is 13.6 Å². The molecule has 2 atom stereocenters. The molecule has 1 aromatic heterocycles. The molecule has 1 aliphatic rings. The zero-order valence-electron chi connectivity index (χ0n) is 15.4. The van der Waals surface area contributed by atoms with Crippen LogP contribution in [0.1, 0.15) is 41.9 Å². The first-order valence-electron chi connectivity index (χ1n) is 9.29. The molecule has 4 nitrogen and oxygen atoms in total. The lowest BCUT2D eigenvalue weighted by atomic mass is 9.92. The third kappa shape index (κ3) is 3.67. The van der Waals surface area contributed by atoms with E-state index < -0.39 is 0 Å². The van der Waals surface area contributed by atoms with Crippen LogP contribution in [-0.2, 0) is 0 Å². The number of rotatable bonds is 3. The number of oxazole rings is 1. The van der Waals surface area contributed by atoms with Crippen molar-refractivity contribution in [2.45, 2.75) is 31.7 Å². The molecule has 144 valence electrons. The molecule has 1 amide bonds. The van der Waals surface area contributed by atoms with Crippen molar-refractivity contribution in [3.05, 3.63) is 77.9 Å². The summed E-state index contributed by atoms with van der Waals surface area (Å²) in [4.78, 5) is 19.2. The fourth-order valence-electron chi connectivity index (χ4n) is 3.58. The summed E-state index contributed by atoms with van der Waals surface area (Å²) < 4.78 is 31.9. The number of carbonyl (C=O) groups is 1. The van der Waals surface area contributed by atoms with Gasteiger partial charge in [-0.2, -0.15) is 0 Å². The molecule has 1 fully saturated rings. The summed E-state index contributed by atoms with van der Waals surface area (Å²) in [6, 6.07) is 11.8. The van der Waals surface area contributed by atoms with E-state index in [1.54, 1.807) is 23.3 Å². The molecule has 0 spiro atoms. The van der Waals surface area contributed by atoms with Crippen LogP contribution in [0, 0.1) is 11.6 Å². The molecule has 0 N–H and O–H groups in total. The van der Waals surface area contributed by atoms with Crippen LogP contribution in [0.2, 0.25) is 0 Å². The van der Waals surface area contributed by atoms with Crippen LogP contribution in [0.5, 0.6) is 0 Å². The zero-order chi connectivity index (χ0) is 19.7. The molecule has 0 bridgehead atoms. The SMILES string of the molecule is CC1CCC(c2nc(-c3ccc(F)cc3)co2)CN1C(=O)c1ccc(F)cc1. The molecule has 1 aliphatic heterocycles. The van der Waals surface area contributed by atoms with Crippen molar-refractivity contribution in [3.8, 4) is 11.3 Å². The Morgan fingerprint density at radius 2 is 1.68 bits per heavy atom. The molecule has 2 unspecified atom stereocenters. The van der Waals surface area contributed by atoms with Crippen LogP contribution in [0.25, 0.3) is 11.3 Å². The zero-order valence-corrected chi connectivity index (χ0v) is 15.4. The van der Waals surface area contributed by atoms with Gasteiger partial charge in [0.15, 0.2) is 5.89 Å². The van der Waals surface area contributed by atoms with Gasteiger partial charge < -0.3 is 9.32 Å². The van der Waals surface area contributed by atoms with E-state index in [0.29, 0.717) is 23.7 Å². The van der Waals surface area contributed by atoms with Crippen LogP contribution < -0.4 is 0 Å². The maximum Gasteiger partial charge on any atom is 0.254 e. The van der Waals surface area contributed by atoms with E-state index in [0.717, 1.165) is 18.4 Å². The van der Waals surface area contributed by atoms with Gasteiger partial charge >= 0.3 is 0 Å². The smallest absolute Gasteiger partial charge is 0.254 e. The highest BCUT2D eigenvalue weighted by Crippen LogP contribution is 2.32. The summed E-state index contributed by atoms with van der Waals surface area (Å²) in [6.07, 6.45) is 3.25. The standard InChI is InChI=1S/C22H20F2N2O2/c1-14-2-3-17(12-26(14)22(27)16-6-10-19(24)11-7-16)21-25-20(13-28-21)15-4-8-18(23)9-5-15/h4-11,13-14,17H,2-3,12H2,1H3. The largest absolute Gasteiger partial charge is 0.448 e. The van der Waals surface area contributed by atoms with E-state index in [2.05, 4.69) is 4.98 Å². The number of aromatic nitrogens is 1. The fourth-order valence-corrected chi connectivity index (χ4v) is 3.58. The quantitative estimate of drug-likeness (QED) is 0.638. The second kappa shape index (κ2) is 7.54. The van der Waals surface area contributed by atoms with Gasteiger partial charge in [0.05, 0.1) is 5.92 Å². The number of likely N-dealkylation sites (tertiary alicyclic amines) is 1. The molecule has 2 heterocycles. The summed E-state index contributed by atoms with van der Waals surface area (Å²) in [5, 5.41) is 0. The van der Waals surface area contributed by atoms with Crippen molar-refractivity contribution in [2.24, 2.45) is 0 Å². The van der Waals surface area contributed by atoms with Gasteiger partial charge in [0.1, 0.15) is 23.6 Å². The van der Waals surface area contributed by atoms with E-state index in [4.69, 9.17) is 4.42 Å². The van der Waals surface area contributed by atoms with Crippen LogP contribution in [0.4, 0.5) is 8.78 Å². The fraction of sp³-hybridized carbons (Fsp3) is 0.273. The summed E-state index contributed by atoms with van der Waals surface area (Å²) in [5.74, 6) is -0.238. The Labute approximate surface area is 161 Å². The molecular weight excluding hydrogens is 362 g/mol. The van der Waals surface area contributed by atoms with Crippen molar-refractivity contribution in [1.29, 1.82) is 0 Å². The number of hydrogen-bond acceptors (Lipinski definition) is 3. The van der Waals surface area contributed by atoms with Crippen molar-refractivity contribution >= 4 is 5.91 Å². The minimum absolute atomic E-state index is 0.0187. The van der Waals surface area contributed by atoms with Gasteiger partial charge in [-0.25, -0.2) is 13.8 Å². The van der Waals surface area contributed by atoms with Crippen LogP contribution in [0.15, 0.2) is 59.2 Å². The van der Waals surface area contributed by atoms with E-state index >= 15 is 0 Å². The molecule has 1 saturated heterocycles. The number of piperidine rings is 1. The topological polar surface area (TPSA) is 46.3 Å². The highest BCUT2D eigenvalue weighted by Gasteiger charge is 2.32. The van der Waals surface area contributed by atoms with Crippen molar-refractivity contribution < 1.29 is 18.0 Å². The highest BCUT2D eigenvalue weighted by atomic mass is 19.1. The number of halogens is 2. The summed E-state index contributed by atoms with van der Waals surface area (Å²) in [6.45, 7) is 2.50. The monoisotopic (exact) mass is 382 g/mol. The Hall–Kier alpha value is -3.02. The first kappa shape index (κ1) is 18.3. The van der Waals surface area contributed by atoms with Gasteiger partial charge in [-0.15, -0.1) is 0 Å². The number of amides is 1. The molecular formula is C22H20F2N2O2. The third-order valence-corrected chi connectivity index (χ3v) is 5.25. The first-order chi connectivity index (χ1) is 13.5. The lowest BCUT2D eigenvalue weighted by Crippen LogP contribution is -2.44. The average Bonchev–Trinajstić information content (AvgIpc) is 3.19. The third-order valence-electron chi connectivity index (χ3n) is 5.25. The predicted octanol–water partition coefficient (Wildman–Crippen LogP) is 5.03. The van der Waals surface area contributed by atoms with Gasteiger partial charge in [-0.1, -0.05) is 0 Å². The predicted molar refractivity (Wildman–Crippen MR) is 101 cm³/mol. The molecule has 28 heavy (non-hydrogen) atoms. The van der Waals surface area contributed by atoms with Gasteiger partial charge in [0, 0.05) is 23.7 Å². The van der Waals surface area contributed by atoms with Crippen LogP contribution in [0.3, 0.4) is 0 Å². The Kier molecular flexibility index (Phi) is 4.94. The Bertz CT molecular complexity index is 967. The molecule has 0 aliphatic carbocycles. The summed E-state index contributed by atoms with van der Waals surface area (Å²) in [7, 11) is 0. The van der Waals surface area contributed by atoms with Crippen LogP contribution in [-0.4, -0.2) is 28.4 Å². The molecule has 3 aromatic rings. The molecule has 0 saturated carbocycles. The van der Waals surface area contributed by atoms with E-state index in [1.807, 2.05) is 6.92 Å². The van der Waals surface area contributed by atoms with Gasteiger partial charge in [0.2, 0.25) is 0 Å². The van der Waals surface area contributed by atoms with Crippen molar-refractivity contribution in [3.63, 3.8) is 0 Å². The number of benzene rings is 2.